The largest absolute Gasteiger partial charge is 0.481 e. The summed E-state index contributed by atoms with van der Waals surface area (Å²) in [7, 11) is 0. The summed E-state index contributed by atoms with van der Waals surface area (Å²) in [6.45, 7) is 7.99. The third-order valence-corrected chi connectivity index (χ3v) is 3.72. The van der Waals surface area contributed by atoms with E-state index in [0.717, 1.165) is 11.1 Å². The summed E-state index contributed by atoms with van der Waals surface area (Å²) in [6, 6.07) is 8.48. The van der Waals surface area contributed by atoms with E-state index < -0.39 is 17.9 Å². The van der Waals surface area contributed by atoms with Crippen LogP contribution in [-0.2, 0) is 10.2 Å². The third-order valence-electron chi connectivity index (χ3n) is 3.72. The van der Waals surface area contributed by atoms with E-state index in [2.05, 4.69) is 31.2 Å². The summed E-state index contributed by atoms with van der Waals surface area (Å²) in [6.07, 6.45) is -0.211. The second-order valence-electron chi connectivity index (χ2n) is 6.82. The van der Waals surface area contributed by atoms with Crippen LogP contribution >= 0.6 is 0 Å². The topological polar surface area (TPSA) is 92.4 Å². The van der Waals surface area contributed by atoms with Crippen LogP contribution < -0.4 is 5.32 Å². The van der Waals surface area contributed by atoms with Gasteiger partial charge >= 0.3 is 5.97 Å². The summed E-state index contributed by atoms with van der Waals surface area (Å²) in [4.78, 5) is 23.4. The number of nitrogens with one attached hydrogen (secondary N) is 1. The van der Waals surface area contributed by atoms with E-state index >= 15 is 0 Å². The smallest absolute Gasteiger partial charge is 0.305 e. The zero-order valence-corrected chi connectivity index (χ0v) is 14.3. The van der Waals surface area contributed by atoms with E-state index in [0.29, 0.717) is 5.76 Å². The minimum absolute atomic E-state index is 0.00229. The lowest BCUT2D eigenvalue weighted by Gasteiger charge is -2.21. The van der Waals surface area contributed by atoms with Gasteiger partial charge < -0.3 is 14.9 Å². The molecule has 0 fully saturated rings. The molecule has 1 aromatic heterocycles. The first-order valence-corrected chi connectivity index (χ1v) is 7.73. The molecule has 0 saturated carbocycles. The molecule has 0 aliphatic heterocycles. The summed E-state index contributed by atoms with van der Waals surface area (Å²) < 4.78 is 4.88. The third kappa shape index (κ3) is 4.44. The molecule has 1 atom stereocenters. The van der Waals surface area contributed by atoms with Crippen LogP contribution in [0.1, 0.15) is 60.6 Å². The van der Waals surface area contributed by atoms with Crippen LogP contribution in [0.3, 0.4) is 0 Å². The molecular weight excluding hydrogens is 308 g/mol. The molecule has 1 amide bonds. The number of benzene rings is 1. The molecule has 0 spiro atoms. The number of hydrogen-bond acceptors (Lipinski definition) is 4. The Kier molecular flexibility index (Phi) is 5.07. The monoisotopic (exact) mass is 330 g/mol. The second-order valence-corrected chi connectivity index (χ2v) is 6.82. The Hall–Kier alpha value is -2.63. The van der Waals surface area contributed by atoms with Crippen LogP contribution in [0.25, 0.3) is 0 Å². The highest BCUT2D eigenvalue weighted by Crippen LogP contribution is 2.25. The molecule has 2 N–H and O–H groups in total. The molecule has 0 aliphatic rings. The fourth-order valence-electron chi connectivity index (χ4n) is 2.35. The van der Waals surface area contributed by atoms with Crippen LogP contribution in [0.15, 0.2) is 34.9 Å². The summed E-state index contributed by atoms with van der Waals surface area (Å²) in [5.74, 6) is -0.931. The van der Waals surface area contributed by atoms with Gasteiger partial charge in [-0.2, -0.15) is 0 Å². The Morgan fingerprint density at radius 3 is 2.33 bits per heavy atom. The second kappa shape index (κ2) is 6.86. The number of carboxylic acid groups (broad SMARTS) is 1. The molecule has 1 unspecified atom stereocenters. The number of carboxylic acids is 1. The molecule has 0 saturated heterocycles. The van der Waals surface area contributed by atoms with Crippen LogP contribution in [-0.4, -0.2) is 22.1 Å². The first-order chi connectivity index (χ1) is 11.2. The van der Waals surface area contributed by atoms with Gasteiger partial charge in [-0.25, -0.2) is 0 Å². The van der Waals surface area contributed by atoms with Gasteiger partial charge in [-0.1, -0.05) is 50.2 Å². The van der Waals surface area contributed by atoms with Crippen LogP contribution in [0.2, 0.25) is 0 Å². The van der Waals surface area contributed by atoms with E-state index in [1.54, 1.807) is 6.92 Å². The van der Waals surface area contributed by atoms with Crippen LogP contribution in [0.4, 0.5) is 0 Å². The average molecular weight is 330 g/mol. The lowest BCUT2D eigenvalue weighted by Crippen LogP contribution is -2.30. The number of carbonyl (C=O) groups excluding carboxylic acids is 1. The van der Waals surface area contributed by atoms with Gasteiger partial charge in [0.05, 0.1) is 12.5 Å². The van der Waals surface area contributed by atoms with Crippen molar-refractivity contribution in [3.8, 4) is 0 Å². The summed E-state index contributed by atoms with van der Waals surface area (Å²) >= 11 is 0. The number of nitrogens with zero attached hydrogens (tertiary/aromatic N) is 1. The van der Waals surface area contributed by atoms with Crippen molar-refractivity contribution in [2.45, 2.75) is 45.6 Å². The van der Waals surface area contributed by atoms with E-state index in [9.17, 15) is 9.59 Å². The predicted molar refractivity (Wildman–Crippen MR) is 88.8 cm³/mol. The number of hydrogen-bond donors (Lipinski definition) is 2. The molecule has 1 heterocycles. The minimum atomic E-state index is -0.989. The molecule has 24 heavy (non-hydrogen) atoms. The molecule has 0 aliphatic carbocycles. The quantitative estimate of drug-likeness (QED) is 0.878. The molecule has 128 valence electrons. The average Bonchev–Trinajstić information content (AvgIpc) is 2.92. The fraction of sp³-hybridized carbons (Fsp3) is 0.389. The molecule has 6 nitrogen and oxygen atoms in total. The summed E-state index contributed by atoms with van der Waals surface area (Å²) in [5, 5.41) is 15.5. The maximum Gasteiger partial charge on any atom is 0.305 e. The molecule has 2 rings (SSSR count). The van der Waals surface area contributed by atoms with Gasteiger partial charge in [0.25, 0.3) is 5.91 Å². The van der Waals surface area contributed by atoms with Crippen LogP contribution in [0.5, 0.6) is 0 Å². The Bertz CT molecular complexity index is 726. The zero-order chi connectivity index (χ0) is 17.9. The van der Waals surface area contributed by atoms with E-state index in [-0.39, 0.29) is 17.5 Å². The molecule has 6 heteroatoms. The van der Waals surface area contributed by atoms with Crippen molar-refractivity contribution < 1.29 is 19.2 Å². The molecular formula is C18H22N2O4. The van der Waals surface area contributed by atoms with Crippen molar-refractivity contribution in [3.05, 3.63) is 52.9 Å². The highest BCUT2D eigenvalue weighted by molar-refractivity contribution is 5.92. The maximum atomic E-state index is 12.2. The summed E-state index contributed by atoms with van der Waals surface area (Å²) in [5.41, 5.74) is 2.01. The highest BCUT2D eigenvalue weighted by Gasteiger charge is 2.21. The molecule has 2 aromatic rings. The van der Waals surface area contributed by atoms with E-state index in [4.69, 9.17) is 9.63 Å². The van der Waals surface area contributed by atoms with Gasteiger partial charge in [-0.15, -0.1) is 0 Å². The maximum absolute atomic E-state index is 12.2. The minimum Gasteiger partial charge on any atom is -0.481 e. The van der Waals surface area contributed by atoms with Gasteiger partial charge in [0.1, 0.15) is 5.76 Å². The Labute approximate surface area is 140 Å². The molecule has 0 radical (unpaired) electrons. The van der Waals surface area contributed by atoms with Gasteiger partial charge in [0, 0.05) is 6.07 Å². The number of amides is 1. The van der Waals surface area contributed by atoms with Crippen molar-refractivity contribution in [1.29, 1.82) is 0 Å². The molecule has 0 bridgehead atoms. The number of aliphatic carboxylic acids is 1. The number of aromatic nitrogens is 1. The first kappa shape index (κ1) is 17.7. The van der Waals surface area contributed by atoms with Crippen molar-refractivity contribution in [1.82, 2.24) is 10.5 Å². The SMILES string of the molecule is Cc1cc(C(=O)NC(CC(=O)O)c2ccc(C(C)(C)C)cc2)no1. The van der Waals surface area contributed by atoms with Gasteiger partial charge in [0.2, 0.25) is 0 Å². The first-order valence-electron chi connectivity index (χ1n) is 7.73. The fourth-order valence-corrected chi connectivity index (χ4v) is 2.35. The lowest BCUT2D eigenvalue weighted by molar-refractivity contribution is -0.137. The van der Waals surface area contributed by atoms with Gasteiger partial charge in [0.15, 0.2) is 5.69 Å². The van der Waals surface area contributed by atoms with Crippen molar-refractivity contribution in [2.75, 3.05) is 0 Å². The van der Waals surface area contributed by atoms with Gasteiger partial charge in [-0.05, 0) is 23.5 Å². The van der Waals surface area contributed by atoms with Crippen molar-refractivity contribution >= 4 is 11.9 Å². The highest BCUT2D eigenvalue weighted by atomic mass is 16.5. The predicted octanol–water partition coefficient (Wildman–Crippen LogP) is 3.23. The number of aryl methyl sites for hydroxylation is 1. The van der Waals surface area contributed by atoms with E-state index in [1.807, 2.05) is 24.3 Å². The van der Waals surface area contributed by atoms with Gasteiger partial charge in [-0.3, -0.25) is 9.59 Å². The Morgan fingerprint density at radius 1 is 1.25 bits per heavy atom. The van der Waals surface area contributed by atoms with Crippen molar-refractivity contribution in [2.24, 2.45) is 0 Å². The number of rotatable bonds is 5. The Morgan fingerprint density at radius 2 is 1.88 bits per heavy atom. The zero-order valence-electron chi connectivity index (χ0n) is 14.3. The van der Waals surface area contributed by atoms with Crippen LogP contribution in [0, 0.1) is 6.92 Å². The number of carbonyl (C=O) groups is 2. The lowest BCUT2D eigenvalue weighted by atomic mass is 9.86. The molecule has 1 aromatic carbocycles. The van der Waals surface area contributed by atoms with E-state index in [1.165, 1.54) is 6.07 Å². The standard InChI is InChI=1S/C18H22N2O4/c1-11-9-15(20-24-11)17(23)19-14(10-16(21)22)12-5-7-13(8-6-12)18(2,3)4/h5-9,14H,10H2,1-4H3,(H,19,23)(H,21,22). The Balaban J connectivity index is 2.21. The normalized spacial score (nSPS) is 12.7. The van der Waals surface area contributed by atoms with Crippen molar-refractivity contribution in [3.63, 3.8) is 0 Å².